The third kappa shape index (κ3) is 3.66. The molecular weight excluding hydrogens is 286 g/mol. The first-order valence-corrected chi connectivity index (χ1v) is 6.36. The maximum absolute atomic E-state index is 11.9. The number of hydrogen-bond donors (Lipinski definition) is 2. The zero-order chi connectivity index (χ0) is 16.1. The molecule has 0 aliphatic carbocycles. The van der Waals surface area contributed by atoms with Gasteiger partial charge in [-0.05, 0) is 25.1 Å². The second-order valence-electron chi connectivity index (χ2n) is 4.50. The number of benzene rings is 2. The number of nitro groups is 1. The predicted octanol–water partition coefficient (Wildman–Crippen LogP) is 2.45. The van der Waals surface area contributed by atoms with Crippen molar-refractivity contribution >= 4 is 17.3 Å². The summed E-state index contributed by atoms with van der Waals surface area (Å²) >= 11 is 0. The van der Waals surface area contributed by atoms with E-state index in [9.17, 15) is 20.0 Å². The molecule has 0 aromatic heterocycles. The van der Waals surface area contributed by atoms with Gasteiger partial charge in [-0.2, -0.15) is 5.10 Å². The molecule has 1 amide bonds. The van der Waals surface area contributed by atoms with Crippen LogP contribution in [-0.4, -0.2) is 21.6 Å². The summed E-state index contributed by atoms with van der Waals surface area (Å²) in [5.41, 5.74) is 3.45. The van der Waals surface area contributed by atoms with Gasteiger partial charge in [-0.25, -0.2) is 5.43 Å². The molecule has 0 saturated carbocycles. The number of phenolic OH excluding ortho intramolecular Hbond substituents is 1. The normalized spacial score (nSPS) is 11.0. The lowest BCUT2D eigenvalue weighted by molar-refractivity contribution is -0.384. The van der Waals surface area contributed by atoms with Gasteiger partial charge in [0, 0.05) is 23.3 Å². The Kier molecular flexibility index (Phi) is 4.47. The molecule has 0 atom stereocenters. The van der Waals surface area contributed by atoms with Crippen molar-refractivity contribution in [2.75, 3.05) is 0 Å². The molecule has 2 rings (SSSR count). The van der Waals surface area contributed by atoms with Crippen LogP contribution in [0.15, 0.2) is 53.6 Å². The summed E-state index contributed by atoms with van der Waals surface area (Å²) in [6, 6.07) is 11.8. The topological polar surface area (TPSA) is 105 Å². The fourth-order valence-electron chi connectivity index (χ4n) is 1.76. The number of amides is 1. The Hall–Kier alpha value is -3.22. The first-order valence-electron chi connectivity index (χ1n) is 6.36. The molecule has 0 radical (unpaired) electrons. The van der Waals surface area contributed by atoms with Gasteiger partial charge in [0.25, 0.3) is 11.6 Å². The highest BCUT2D eigenvalue weighted by atomic mass is 16.6. The third-order valence-corrected chi connectivity index (χ3v) is 2.91. The summed E-state index contributed by atoms with van der Waals surface area (Å²) in [6.07, 6.45) is 0. The number of carbonyl (C=O) groups is 1. The van der Waals surface area contributed by atoms with Gasteiger partial charge < -0.3 is 5.11 Å². The lowest BCUT2D eigenvalue weighted by Crippen LogP contribution is -2.19. The van der Waals surface area contributed by atoms with Gasteiger partial charge in [-0.3, -0.25) is 14.9 Å². The minimum atomic E-state index is -0.571. The van der Waals surface area contributed by atoms with E-state index in [4.69, 9.17) is 0 Å². The Morgan fingerprint density at radius 1 is 1.18 bits per heavy atom. The van der Waals surface area contributed by atoms with E-state index in [1.54, 1.807) is 19.1 Å². The van der Waals surface area contributed by atoms with Gasteiger partial charge in [0.1, 0.15) is 5.75 Å². The van der Waals surface area contributed by atoms with Crippen molar-refractivity contribution in [3.8, 4) is 5.75 Å². The number of carbonyl (C=O) groups excluding carboxylic acids is 1. The van der Waals surface area contributed by atoms with Gasteiger partial charge in [0.15, 0.2) is 0 Å². The lowest BCUT2D eigenvalue weighted by atomic mass is 10.1. The smallest absolute Gasteiger partial charge is 0.271 e. The van der Waals surface area contributed by atoms with Crippen molar-refractivity contribution in [3.05, 3.63) is 69.8 Å². The number of nitro benzene ring substituents is 1. The van der Waals surface area contributed by atoms with Gasteiger partial charge in [0.05, 0.1) is 10.6 Å². The molecule has 0 bridgehead atoms. The van der Waals surface area contributed by atoms with E-state index in [-0.39, 0.29) is 17.0 Å². The van der Waals surface area contributed by atoms with Crippen LogP contribution in [0.25, 0.3) is 0 Å². The van der Waals surface area contributed by atoms with E-state index in [1.807, 2.05) is 0 Å². The summed E-state index contributed by atoms with van der Waals surface area (Å²) in [5.74, 6) is -0.458. The van der Waals surface area contributed by atoms with Crippen molar-refractivity contribution in [2.24, 2.45) is 5.10 Å². The largest absolute Gasteiger partial charge is 0.508 e. The molecule has 2 aromatic carbocycles. The molecular formula is C15H13N3O4. The van der Waals surface area contributed by atoms with Crippen LogP contribution < -0.4 is 5.43 Å². The second kappa shape index (κ2) is 6.49. The van der Waals surface area contributed by atoms with Crippen molar-refractivity contribution < 1.29 is 14.8 Å². The zero-order valence-corrected chi connectivity index (χ0v) is 11.7. The Bertz CT molecular complexity index is 756. The van der Waals surface area contributed by atoms with E-state index in [0.29, 0.717) is 11.3 Å². The number of nitrogens with zero attached hydrogens (tertiary/aromatic N) is 2. The molecule has 2 aromatic rings. The van der Waals surface area contributed by atoms with Crippen molar-refractivity contribution in [1.29, 1.82) is 0 Å². The van der Waals surface area contributed by atoms with Crippen LogP contribution in [0.1, 0.15) is 22.8 Å². The van der Waals surface area contributed by atoms with Gasteiger partial charge in [0.2, 0.25) is 0 Å². The summed E-state index contributed by atoms with van der Waals surface area (Å²) in [4.78, 5) is 22.0. The van der Waals surface area contributed by atoms with Crippen molar-refractivity contribution in [1.82, 2.24) is 5.43 Å². The average molecular weight is 299 g/mol. The molecule has 0 heterocycles. The van der Waals surface area contributed by atoms with E-state index < -0.39 is 10.8 Å². The molecule has 7 nitrogen and oxygen atoms in total. The van der Waals surface area contributed by atoms with E-state index >= 15 is 0 Å². The first-order chi connectivity index (χ1) is 10.5. The number of non-ortho nitro benzene ring substituents is 1. The number of hydrogen-bond acceptors (Lipinski definition) is 5. The minimum Gasteiger partial charge on any atom is -0.508 e. The van der Waals surface area contributed by atoms with Crippen LogP contribution in [0.4, 0.5) is 5.69 Å². The highest BCUT2D eigenvalue weighted by Gasteiger charge is 2.11. The Labute approximate surface area is 126 Å². The van der Waals surface area contributed by atoms with Crippen LogP contribution in [0.3, 0.4) is 0 Å². The predicted molar refractivity (Wildman–Crippen MR) is 80.9 cm³/mol. The highest BCUT2D eigenvalue weighted by molar-refractivity contribution is 6.01. The molecule has 22 heavy (non-hydrogen) atoms. The quantitative estimate of drug-likeness (QED) is 0.514. The van der Waals surface area contributed by atoms with E-state index in [0.717, 1.165) is 0 Å². The summed E-state index contributed by atoms with van der Waals surface area (Å²) in [7, 11) is 0. The molecule has 0 aliphatic rings. The van der Waals surface area contributed by atoms with Crippen LogP contribution in [-0.2, 0) is 0 Å². The lowest BCUT2D eigenvalue weighted by Gasteiger charge is -2.03. The number of rotatable bonds is 4. The molecule has 0 unspecified atom stereocenters. The molecule has 0 spiro atoms. The molecule has 2 N–H and O–H groups in total. The fraction of sp³-hybridized carbons (Fsp3) is 0.0667. The SMILES string of the molecule is C/C(=N\NC(=O)c1cccc([N+](=O)[O-])c1)c1cccc(O)c1. The average Bonchev–Trinajstić information content (AvgIpc) is 2.52. The molecule has 7 heteroatoms. The second-order valence-corrected chi connectivity index (χ2v) is 4.50. The summed E-state index contributed by atoms with van der Waals surface area (Å²) < 4.78 is 0. The number of hydrazone groups is 1. The van der Waals surface area contributed by atoms with Gasteiger partial charge >= 0.3 is 0 Å². The van der Waals surface area contributed by atoms with Crippen LogP contribution in [0.2, 0.25) is 0 Å². The standard InChI is InChI=1S/C15H13N3O4/c1-10(11-4-3-7-14(19)9-11)16-17-15(20)12-5-2-6-13(8-12)18(21)22/h2-9,19H,1H3,(H,17,20)/b16-10+. The summed E-state index contributed by atoms with van der Waals surface area (Å²) in [6.45, 7) is 1.67. The third-order valence-electron chi connectivity index (χ3n) is 2.91. The van der Waals surface area contributed by atoms with E-state index in [1.165, 1.54) is 36.4 Å². The molecule has 112 valence electrons. The Morgan fingerprint density at radius 3 is 2.55 bits per heavy atom. The summed E-state index contributed by atoms with van der Waals surface area (Å²) in [5, 5.41) is 24.0. The molecule has 0 fully saturated rings. The van der Waals surface area contributed by atoms with Crippen LogP contribution >= 0.6 is 0 Å². The maximum atomic E-state index is 11.9. The maximum Gasteiger partial charge on any atom is 0.271 e. The number of aromatic hydroxyl groups is 1. The van der Waals surface area contributed by atoms with E-state index in [2.05, 4.69) is 10.5 Å². The Morgan fingerprint density at radius 2 is 1.86 bits per heavy atom. The van der Waals surface area contributed by atoms with Crippen LogP contribution in [0.5, 0.6) is 5.75 Å². The molecule has 0 saturated heterocycles. The molecule has 0 aliphatic heterocycles. The van der Waals surface area contributed by atoms with Gasteiger partial charge in [-0.1, -0.05) is 18.2 Å². The minimum absolute atomic E-state index is 0.0945. The zero-order valence-electron chi connectivity index (χ0n) is 11.7. The van der Waals surface area contributed by atoms with Gasteiger partial charge in [-0.15, -0.1) is 0 Å². The number of nitrogens with one attached hydrogen (secondary N) is 1. The number of phenols is 1. The monoisotopic (exact) mass is 299 g/mol. The Balaban J connectivity index is 2.13. The first kappa shape index (κ1) is 15.2. The van der Waals surface area contributed by atoms with Crippen molar-refractivity contribution in [3.63, 3.8) is 0 Å². The van der Waals surface area contributed by atoms with Crippen molar-refractivity contribution in [2.45, 2.75) is 6.92 Å². The fourth-order valence-corrected chi connectivity index (χ4v) is 1.76. The van der Waals surface area contributed by atoms with Crippen LogP contribution in [0, 0.1) is 10.1 Å². The highest BCUT2D eigenvalue weighted by Crippen LogP contribution is 2.13.